The number of aromatic amines is 1. The summed E-state index contributed by atoms with van der Waals surface area (Å²) >= 11 is 0. The maximum atomic E-state index is 13.2. The van der Waals surface area contributed by atoms with Gasteiger partial charge in [0.1, 0.15) is 5.82 Å². The summed E-state index contributed by atoms with van der Waals surface area (Å²) in [5, 5.41) is 10.8. The number of hydrogen-bond donors (Lipinski definition) is 2. The van der Waals surface area contributed by atoms with Crippen LogP contribution in [0.3, 0.4) is 0 Å². The highest BCUT2D eigenvalue weighted by Gasteiger charge is 2.27. The molecule has 0 aliphatic carbocycles. The average Bonchev–Trinajstić information content (AvgIpc) is 3.18. The highest BCUT2D eigenvalue weighted by atomic mass is 19.1. The minimum absolute atomic E-state index is 0.0662. The van der Waals surface area contributed by atoms with Crippen molar-refractivity contribution in [2.24, 2.45) is 5.92 Å². The monoisotopic (exact) mass is 408 g/mol. The van der Waals surface area contributed by atoms with E-state index in [1.54, 1.807) is 13.0 Å². The van der Waals surface area contributed by atoms with Crippen molar-refractivity contribution >= 4 is 28.4 Å². The number of halogens is 1. The Labute approximate surface area is 174 Å². The van der Waals surface area contributed by atoms with Crippen molar-refractivity contribution in [1.29, 1.82) is 0 Å². The molecule has 0 bridgehead atoms. The van der Waals surface area contributed by atoms with Crippen LogP contribution >= 0.6 is 0 Å². The van der Waals surface area contributed by atoms with Crippen molar-refractivity contribution in [3.63, 3.8) is 0 Å². The Morgan fingerprint density at radius 2 is 2.10 bits per heavy atom. The number of rotatable bonds is 5. The fourth-order valence-corrected chi connectivity index (χ4v) is 4.08. The lowest BCUT2D eigenvalue weighted by Crippen LogP contribution is -2.40. The van der Waals surface area contributed by atoms with E-state index in [1.807, 2.05) is 29.2 Å². The maximum absolute atomic E-state index is 13.2. The Morgan fingerprint density at radius 3 is 2.93 bits per heavy atom. The number of hydrogen-bond acceptors (Lipinski definition) is 3. The van der Waals surface area contributed by atoms with Gasteiger partial charge in [0.15, 0.2) is 5.69 Å². The molecule has 156 valence electrons. The normalized spacial score (nSPS) is 16.6. The van der Waals surface area contributed by atoms with Gasteiger partial charge in [-0.1, -0.05) is 18.2 Å². The summed E-state index contributed by atoms with van der Waals surface area (Å²) in [7, 11) is 0. The van der Waals surface area contributed by atoms with Crippen LogP contribution in [-0.2, 0) is 4.79 Å². The number of anilines is 1. The first kappa shape index (κ1) is 20.1. The SMILES string of the molecule is Cc1cc(F)ccc1NC(=O)CC[C@H]1CCCN(C(=O)c2n[nH]c3ccccc23)C1. The summed E-state index contributed by atoms with van der Waals surface area (Å²) < 4.78 is 13.2. The molecule has 0 saturated carbocycles. The van der Waals surface area contributed by atoms with Gasteiger partial charge in [-0.15, -0.1) is 0 Å². The van der Waals surface area contributed by atoms with E-state index in [0.29, 0.717) is 42.9 Å². The van der Waals surface area contributed by atoms with Crippen LogP contribution in [0.4, 0.5) is 10.1 Å². The van der Waals surface area contributed by atoms with Gasteiger partial charge >= 0.3 is 0 Å². The van der Waals surface area contributed by atoms with Crippen molar-refractivity contribution in [1.82, 2.24) is 15.1 Å². The van der Waals surface area contributed by atoms with Crippen LogP contribution in [0, 0.1) is 18.7 Å². The Hall–Kier alpha value is -3.22. The van der Waals surface area contributed by atoms with Gasteiger partial charge in [0, 0.05) is 30.6 Å². The molecule has 1 atom stereocenters. The van der Waals surface area contributed by atoms with Gasteiger partial charge in [0.05, 0.1) is 5.52 Å². The van der Waals surface area contributed by atoms with Crippen LogP contribution in [0.15, 0.2) is 42.5 Å². The van der Waals surface area contributed by atoms with Crippen molar-refractivity contribution in [3.8, 4) is 0 Å². The van der Waals surface area contributed by atoms with E-state index in [1.165, 1.54) is 12.1 Å². The Morgan fingerprint density at radius 1 is 1.27 bits per heavy atom. The number of H-pyrrole nitrogens is 1. The third-order valence-corrected chi connectivity index (χ3v) is 5.72. The van der Waals surface area contributed by atoms with Crippen LogP contribution in [0.5, 0.6) is 0 Å². The molecule has 2 aromatic carbocycles. The van der Waals surface area contributed by atoms with E-state index in [2.05, 4.69) is 15.5 Å². The number of carbonyl (C=O) groups excluding carboxylic acids is 2. The smallest absolute Gasteiger partial charge is 0.275 e. The molecule has 4 rings (SSSR count). The highest BCUT2D eigenvalue weighted by Crippen LogP contribution is 2.25. The Kier molecular flexibility index (Phi) is 5.79. The summed E-state index contributed by atoms with van der Waals surface area (Å²) in [6.07, 6.45) is 2.98. The number of nitrogens with one attached hydrogen (secondary N) is 2. The summed E-state index contributed by atoms with van der Waals surface area (Å²) in [6, 6.07) is 11.9. The Bertz CT molecular complexity index is 1080. The van der Waals surface area contributed by atoms with E-state index < -0.39 is 0 Å². The first-order chi connectivity index (χ1) is 14.5. The summed E-state index contributed by atoms with van der Waals surface area (Å²) in [5.74, 6) is -0.204. The van der Waals surface area contributed by atoms with E-state index >= 15 is 0 Å². The van der Waals surface area contributed by atoms with Crippen LogP contribution in [-0.4, -0.2) is 40.0 Å². The molecule has 0 radical (unpaired) electrons. The molecule has 2 heterocycles. The van der Waals surface area contributed by atoms with E-state index in [-0.39, 0.29) is 23.5 Å². The molecule has 1 fully saturated rings. The van der Waals surface area contributed by atoms with Gasteiger partial charge in [-0.3, -0.25) is 14.7 Å². The number of benzene rings is 2. The first-order valence-corrected chi connectivity index (χ1v) is 10.3. The number of amides is 2. The Balaban J connectivity index is 1.33. The lowest BCUT2D eigenvalue weighted by Gasteiger charge is -2.32. The molecule has 0 unspecified atom stereocenters. The fourth-order valence-electron chi connectivity index (χ4n) is 4.08. The molecule has 1 saturated heterocycles. The van der Waals surface area contributed by atoms with Gasteiger partial charge in [-0.05, 0) is 61.9 Å². The third-order valence-electron chi connectivity index (χ3n) is 5.72. The van der Waals surface area contributed by atoms with Crippen LogP contribution in [0.1, 0.15) is 41.7 Å². The van der Waals surface area contributed by atoms with Gasteiger partial charge in [-0.25, -0.2) is 4.39 Å². The van der Waals surface area contributed by atoms with Gasteiger partial charge in [0.2, 0.25) is 5.91 Å². The van der Waals surface area contributed by atoms with Crippen LogP contribution in [0.2, 0.25) is 0 Å². The average molecular weight is 408 g/mol. The quantitative estimate of drug-likeness (QED) is 0.661. The van der Waals surface area contributed by atoms with Crippen LogP contribution < -0.4 is 5.32 Å². The van der Waals surface area contributed by atoms with Crippen molar-refractivity contribution in [2.45, 2.75) is 32.6 Å². The lowest BCUT2D eigenvalue weighted by molar-refractivity contribution is -0.116. The molecular weight excluding hydrogens is 383 g/mol. The van der Waals surface area contributed by atoms with E-state index in [9.17, 15) is 14.0 Å². The van der Waals surface area contributed by atoms with Gasteiger partial charge in [0.25, 0.3) is 5.91 Å². The molecule has 2 N–H and O–H groups in total. The first-order valence-electron chi connectivity index (χ1n) is 10.3. The number of aryl methyl sites for hydroxylation is 1. The maximum Gasteiger partial charge on any atom is 0.275 e. The molecule has 3 aromatic rings. The molecule has 1 aliphatic rings. The standard InChI is InChI=1S/C23H25FN4O2/c1-15-13-17(24)9-10-19(15)25-21(29)11-8-16-5-4-12-28(14-16)23(30)22-18-6-2-3-7-20(18)26-27-22/h2-3,6-7,9-10,13,16H,4-5,8,11-12,14H2,1H3,(H,25,29)(H,26,27)/t16-/m1/s1. The number of carbonyl (C=O) groups is 2. The zero-order chi connectivity index (χ0) is 21.1. The summed E-state index contributed by atoms with van der Waals surface area (Å²) in [4.78, 5) is 27.2. The molecule has 0 spiro atoms. The van der Waals surface area contributed by atoms with Crippen molar-refractivity contribution in [2.75, 3.05) is 18.4 Å². The summed E-state index contributed by atoms with van der Waals surface area (Å²) in [6.45, 7) is 3.10. The van der Waals surface area contributed by atoms with Gasteiger partial charge < -0.3 is 10.2 Å². The molecule has 2 amide bonds. The predicted molar refractivity (Wildman–Crippen MR) is 114 cm³/mol. The molecular formula is C23H25FN4O2. The summed E-state index contributed by atoms with van der Waals surface area (Å²) in [5.41, 5.74) is 2.63. The highest BCUT2D eigenvalue weighted by molar-refractivity contribution is 6.04. The topological polar surface area (TPSA) is 78.1 Å². The molecule has 1 aromatic heterocycles. The van der Waals surface area contributed by atoms with Crippen molar-refractivity contribution in [3.05, 3.63) is 59.5 Å². The largest absolute Gasteiger partial charge is 0.337 e. The zero-order valence-corrected chi connectivity index (χ0v) is 17.0. The molecule has 1 aliphatic heterocycles. The minimum Gasteiger partial charge on any atom is -0.337 e. The lowest BCUT2D eigenvalue weighted by atomic mass is 9.93. The van der Waals surface area contributed by atoms with Crippen LogP contribution in [0.25, 0.3) is 10.9 Å². The minimum atomic E-state index is -0.317. The van der Waals surface area contributed by atoms with E-state index in [0.717, 1.165) is 23.7 Å². The number of para-hydroxylation sites is 1. The van der Waals surface area contributed by atoms with E-state index in [4.69, 9.17) is 0 Å². The third kappa shape index (κ3) is 4.35. The second kappa shape index (κ2) is 8.65. The molecule has 6 nitrogen and oxygen atoms in total. The van der Waals surface area contributed by atoms with Crippen molar-refractivity contribution < 1.29 is 14.0 Å². The number of piperidine rings is 1. The number of aromatic nitrogens is 2. The van der Waals surface area contributed by atoms with Gasteiger partial charge in [-0.2, -0.15) is 5.10 Å². The number of fused-ring (bicyclic) bond motifs is 1. The predicted octanol–water partition coefficient (Wildman–Crippen LogP) is 4.28. The zero-order valence-electron chi connectivity index (χ0n) is 17.0. The second-order valence-electron chi connectivity index (χ2n) is 7.92. The second-order valence-corrected chi connectivity index (χ2v) is 7.92. The number of nitrogens with zero attached hydrogens (tertiary/aromatic N) is 2. The number of likely N-dealkylation sites (tertiary alicyclic amines) is 1. The molecule has 7 heteroatoms. The molecule has 30 heavy (non-hydrogen) atoms. The fraction of sp³-hybridized carbons (Fsp3) is 0.348.